The molecule has 0 amide bonds. The van der Waals surface area contributed by atoms with Gasteiger partial charge in [-0.05, 0) is 0 Å². The fraction of sp³-hybridized carbons (Fsp3) is 1.00. The Kier molecular flexibility index (Phi) is 6.27. The summed E-state index contributed by atoms with van der Waals surface area (Å²) in [5.74, 6) is 0. The van der Waals surface area contributed by atoms with Crippen LogP contribution in [0.1, 0.15) is 0 Å². The minimum atomic E-state index is -1.74. The molecule has 11 heteroatoms. The van der Waals surface area contributed by atoms with E-state index >= 15 is 0 Å². The van der Waals surface area contributed by atoms with E-state index in [4.69, 9.17) is 19.3 Å². The Balaban J connectivity index is 1.94. The third-order valence-electron chi connectivity index (χ3n) is 3.96. The van der Waals surface area contributed by atoms with E-state index in [2.05, 4.69) is 0 Å². The molecule has 136 valence electrons. The molecule has 2 fully saturated rings. The van der Waals surface area contributed by atoms with Gasteiger partial charge in [-0.2, -0.15) is 0 Å². The molecule has 0 unspecified atom stereocenters. The molecule has 2 saturated heterocycles. The van der Waals surface area contributed by atoms with Crippen molar-refractivity contribution >= 4 is 0 Å². The molecule has 8 N–H and O–H groups in total. The standard InChI is InChI=1S/C12H22O11/c13-1-3-5(14)8(17)10(19)12(23-3)21-2-4-6(15)7(16)9(18)11(20)22-4/h3-20H,1-2H2/t3-,4-,5+,6+,7-,8-,9+,10+,11-,12-/m0/s1. The SMILES string of the molecule is OC[C@@H]1O[C@H](OC[C@@H]2O[C@H](O)[C@H](O)[C@@H](O)[C@@H]2O)[C@H](O)[C@@H](O)[C@@H]1O. The van der Waals surface area contributed by atoms with Gasteiger partial charge in [0.25, 0.3) is 0 Å². The molecule has 0 spiro atoms. The molecular weight excluding hydrogens is 320 g/mol. The molecule has 2 aliphatic rings. The van der Waals surface area contributed by atoms with Crippen molar-refractivity contribution in [1.29, 1.82) is 0 Å². The zero-order valence-corrected chi connectivity index (χ0v) is 12.0. The average molecular weight is 342 g/mol. The quantitative estimate of drug-likeness (QED) is 0.243. The second-order valence-electron chi connectivity index (χ2n) is 5.57. The van der Waals surface area contributed by atoms with Crippen molar-refractivity contribution in [2.24, 2.45) is 0 Å². The lowest BCUT2D eigenvalue weighted by atomic mass is 9.98. The molecule has 23 heavy (non-hydrogen) atoms. The number of rotatable bonds is 4. The summed E-state index contributed by atoms with van der Waals surface area (Å²) in [6.07, 6.45) is -15.3. The van der Waals surface area contributed by atoms with Crippen LogP contribution in [0.2, 0.25) is 0 Å². The van der Waals surface area contributed by atoms with Gasteiger partial charge in [0.15, 0.2) is 12.6 Å². The zero-order valence-electron chi connectivity index (χ0n) is 12.0. The van der Waals surface area contributed by atoms with Crippen molar-refractivity contribution < 1.29 is 55.1 Å². The summed E-state index contributed by atoms with van der Waals surface area (Å²) in [7, 11) is 0. The molecular formula is C12H22O11. The van der Waals surface area contributed by atoms with Crippen molar-refractivity contribution in [2.45, 2.75) is 61.4 Å². The van der Waals surface area contributed by atoms with Gasteiger partial charge in [-0.3, -0.25) is 0 Å². The van der Waals surface area contributed by atoms with Gasteiger partial charge in [0.1, 0.15) is 48.8 Å². The lowest BCUT2D eigenvalue weighted by Crippen LogP contribution is -2.61. The van der Waals surface area contributed by atoms with Gasteiger partial charge in [-0.1, -0.05) is 0 Å². The molecule has 11 nitrogen and oxygen atoms in total. The van der Waals surface area contributed by atoms with Gasteiger partial charge in [0.05, 0.1) is 13.2 Å². The van der Waals surface area contributed by atoms with E-state index in [1.807, 2.05) is 0 Å². The van der Waals surface area contributed by atoms with Crippen LogP contribution in [0.15, 0.2) is 0 Å². The molecule has 0 aromatic carbocycles. The second kappa shape index (κ2) is 7.63. The average Bonchev–Trinajstić information content (AvgIpc) is 2.54. The maximum atomic E-state index is 9.78. The Morgan fingerprint density at radius 1 is 0.652 bits per heavy atom. The van der Waals surface area contributed by atoms with Crippen LogP contribution in [0.25, 0.3) is 0 Å². The molecule has 0 radical (unpaired) electrons. The highest BCUT2D eigenvalue weighted by molar-refractivity contribution is 4.91. The molecule has 0 aromatic rings. The van der Waals surface area contributed by atoms with Gasteiger partial charge in [0, 0.05) is 0 Å². The molecule has 10 atom stereocenters. The number of hydrogen-bond acceptors (Lipinski definition) is 11. The Hall–Kier alpha value is -0.440. The number of aliphatic hydroxyl groups excluding tert-OH is 8. The van der Waals surface area contributed by atoms with Crippen LogP contribution < -0.4 is 0 Å². The first kappa shape index (κ1) is 18.9. The molecule has 0 aliphatic carbocycles. The topological polar surface area (TPSA) is 190 Å². The van der Waals surface area contributed by atoms with Crippen LogP contribution in [-0.4, -0.2) is 115 Å². The van der Waals surface area contributed by atoms with Crippen molar-refractivity contribution in [1.82, 2.24) is 0 Å². The van der Waals surface area contributed by atoms with E-state index in [1.165, 1.54) is 0 Å². The molecule has 2 heterocycles. The third-order valence-corrected chi connectivity index (χ3v) is 3.96. The highest BCUT2D eigenvalue weighted by Gasteiger charge is 2.46. The highest BCUT2D eigenvalue weighted by Crippen LogP contribution is 2.24. The Morgan fingerprint density at radius 2 is 1.22 bits per heavy atom. The molecule has 2 rings (SSSR count). The van der Waals surface area contributed by atoms with E-state index in [9.17, 15) is 35.7 Å². The van der Waals surface area contributed by atoms with Crippen LogP contribution >= 0.6 is 0 Å². The van der Waals surface area contributed by atoms with Crippen molar-refractivity contribution in [3.8, 4) is 0 Å². The summed E-state index contributed by atoms with van der Waals surface area (Å²) in [6.45, 7) is -1.10. The summed E-state index contributed by atoms with van der Waals surface area (Å²) in [5, 5.41) is 76.1. The van der Waals surface area contributed by atoms with Crippen molar-refractivity contribution in [2.75, 3.05) is 13.2 Å². The van der Waals surface area contributed by atoms with Crippen LogP contribution in [0.4, 0.5) is 0 Å². The van der Waals surface area contributed by atoms with Gasteiger partial charge in [0.2, 0.25) is 0 Å². The fourth-order valence-electron chi connectivity index (χ4n) is 2.46. The van der Waals surface area contributed by atoms with Crippen molar-refractivity contribution in [3.05, 3.63) is 0 Å². The lowest BCUT2D eigenvalue weighted by Gasteiger charge is -2.41. The third kappa shape index (κ3) is 3.81. The van der Waals surface area contributed by atoms with E-state index in [0.717, 1.165) is 0 Å². The maximum absolute atomic E-state index is 9.78. The van der Waals surface area contributed by atoms with E-state index in [0.29, 0.717) is 0 Å². The first-order valence-electron chi connectivity index (χ1n) is 7.07. The highest BCUT2D eigenvalue weighted by atomic mass is 16.7. The van der Waals surface area contributed by atoms with Gasteiger partial charge < -0.3 is 55.1 Å². The van der Waals surface area contributed by atoms with Gasteiger partial charge in [-0.15, -0.1) is 0 Å². The van der Waals surface area contributed by atoms with Gasteiger partial charge in [-0.25, -0.2) is 0 Å². The van der Waals surface area contributed by atoms with E-state index in [1.54, 1.807) is 0 Å². The van der Waals surface area contributed by atoms with Crippen LogP contribution in [0.3, 0.4) is 0 Å². The summed E-state index contributed by atoms with van der Waals surface area (Å²) in [4.78, 5) is 0. The summed E-state index contributed by atoms with van der Waals surface area (Å²) < 4.78 is 15.1. The predicted molar refractivity (Wildman–Crippen MR) is 68.6 cm³/mol. The number of ether oxygens (including phenoxy) is 3. The first-order valence-corrected chi connectivity index (χ1v) is 7.07. The lowest BCUT2D eigenvalue weighted by molar-refractivity contribution is -0.325. The maximum Gasteiger partial charge on any atom is 0.186 e. The normalized spacial score (nSPS) is 51.7. The minimum absolute atomic E-state index is 0.468. The number of hydrogen-bond donors (Lipinski definition) is 8. The zero-order chi connectivity index (χ0) is 17.3. The summed E-state index contributed by atoms with van der Waals surface area (Å²) in [6, 6.07) is 0. The predicted octanol–water partition coefficient (Wildman–Crippen LogP) is -5.40. The van der Waals surface area contributed by atoms with Crippen molar-refractivity contribution in [3.63, 3.8) is 0 Å². The fourth-order valence-corrected chi connectivity index (χ4v) is 2.46. The monoisotopic (exact) mass is 342 g/mol. The largest absolute Gasteiger partial charge is 0.394 e. The smallest absolute Gasteiger partial charge is 0.186 e. The molecule has 0 aromatic heterocycles. The molecule has 0 bridgehead atoms. The van der Waals surface area contributed by atoms with Crippen LogP contribution in [0, 0.1) is 0 Å². The Morgan fingerprint density at radius 3 is 1.83 bits per heavy atom. The molecule has 2 aliphatic heterocycles. The summed E-state index contributed by atoms with van der Waals surface area (Å²) >= 11 is 0. The second-order valence-corrected chi connectivity index (χ2v) is 5.57. The number of aliphatic hydroxyl groups is 8. The molecule has 0 saturated carbocycles. The minimum Gasteiger partial charge on any atom is -0.394 e. The summed E-state index contributed by atoms with van der Waals surface area (Å²) in [5.41, 5.74) is 0. The first-order chi connectivity index (χ1) is 10.8. The Labute approximate surface area is 130 Å². The van der Waals surface area contributed by atoms with E-state index in [-0.39, 0.29) is 0 Å². The van der Waals surface area contributed by atoms with Gasteiger partial charge >= 0.3 is 0 Å². The van der Waals surface area contributed by atoms with Crippen LogP contribution in [0.5, 0.6) is 0 Å². The van der Waals surface area contributed by atoms with E-state index < -0.39 is 74.6 Å². The van der Waals surface area contributed by atoms with Crippen LogP contribution in [-0.2, 0) is 14.2 Å². The Bertz CT molecular complexity index is 380.